The fraction of sp³-hybridized carbons (Fsp3) is 0.0455. The minimum absolute atomic E-state index is 0.0965. The van der Waals surface area contributed by atoms with Crippen molar-refractivity contribution in [2.24, 2.45) is 0 Å². The van der Waals surface area contributed by atoms with Gasteiger partial charge in [-0.25, -0.2) is 9.69 Å². The zero-order valence-corrected chi connectivity index (χ0v) is 18.4. The third-order valence-corrected chi connectivity index (χ3v) is 5.30. The summed E-state index contributed by atoms with van der Waals surface area (Å²) in [5.41, 5.74) is 2.21. The zero-order chi connectivity index (χ0) is 22.0. The Morgan fingerprint density at radius 1 is 1.10 bits per heavy atom. The van der Waals surface area contributed by atoms with E-state index in [1.807, 2.05) is 47.2 Å². The van der Waals surface area contributed by atoms with Gasteiger partial charge in [-0.3, -0.25) is 9.59 Å². The topological polar surface area (TPSA) is 83.4 Å². The van der Waals surface area contributed by atoms with Gasteiger partial charge in [0.1, 0.15) is 12.2 Å². The molecule has 31 heavy (non-hydrogen) atoms. The number of anilines is 1. The summed E-state index contributed by atoms with van der Waals surface area (Å²) in [6.45, 7) is -0.405. The van der Waals surface area contributed by atoms with Crippen LogP contribution in [-0.2, 0) is 9.59 Å². The first-order valence-corrected chi connectivity index (χ1v) is 10.4. The predicted octanol–water partition coefficient (Wildman–Crippen LogP) is 4.42. The summed E-state index contributed by atoms with van der Waals surface area (Å²) >= 11 is 9.27. The Hall–Kier alpha value is -3.36. The van der Waals surface area contributed by atoms with Crippen molar-refractivity contribution in [2.45, 2.75) is 0 Å². The molecule has 7 nitrogen and oxygen atoms in total. The minimum Gasteiger partial charge on any atom is -0.325 e. The van der Waals surface area contributed by atoms with Gasteiger partial charge in [-0.2, -0.15) is 0 Å². The van der Waals surface area contributed by atoms with Gasteiger partial charge in [0.25, 0.3) is 5.91 Å². The van der Waals surface area contributed by atoms with Crippen molar-refractivity contribution in [3.8, 4) is 5.69 Å². The molecule has 4 amide bonds. The average Bonchev–Trinajstić information content (AvgIpc) is 3.30. The first-order chi connectivity index (χ1) is 14.9. The molecule has 1 aliphatic rings. The number of hydrogen-bond donors (Lipinski definition) is 2. The second kappa shape index (κ2) is 8.79. The molecule has 1 aromatic heterocycles. The van der Waals surface area contributed by atoms with Crippen molar-refractivity contribution in [1.29, 1.82) is 0 Å². The lowest BCUT2D eigenvalue weighted by molar-refractivity contribution is -0.127. The number of halogens is 2. The number of benzene rings is 2. The Morgan fingerprint density at radius 2 is 1.87 bits per heavy atom. The van der Waals surface area contributed by atoms with Crippen LogP contribution in [0.25, 0.3) is 11.8 Å². The summed E-state index contributed by atoms with van der Waals surface area (Å²) in [7, 11) is 0. The van der Waals surface area contributed by atoms with Crippen LogP contribution in [-0.4, -0.2) is 33.9 Å². The Labute approximate surface area is 191 Å². The molecule has 9 heteroatoms. The van der Waals surface area contributed by atoms with Gasteiger partial charge < -0.3 is 15.2 Å². The maximum Gasteiger partial charge on any atom is 0.329 e. The van der Waals surface area contributed by atoms with Gasteiger partial charge in [0.2, 0.25) is 5.91 Å². The number of carbonyl (C=O) groups is 3. The number of nitrogens with one attached hydrogen (secondary N) is 2. The van der Waals surface area contributed by atoms with Crippen LogP contribution in [0.1, 0.15) is 5.69 Å². The van der Waals surface area contributed by atoms with E-state index < -0.39 is 24.4 Å². The second-order valence-corrected chi connectivity index (χ2v) is 8.07. The maximum absolute atomic E-state index is 12.7. The smallest absolute Gasteiger partial charge is 0.325 e. The highest BCUT2D eigenvalue weighted by Crippen LogP contribution is 2.21. The molecule has 0 aliphatic carbocycles. The van der Waals surface area contributed by atoms with Crippen LogP contribution in [0, 0.1) is 0 Å². The molecular weight excluding hydrogens is 484 g/mol. The highest BCUT2D eigenvalue weighted by atomic mass is 79.9. The molecule has 0 bridgehead atoms. The van der Waals surface area contributed by atoms with E-state index in [9.17, 15) is 14.4 Å². The van der Waals surface area contributed by atoms with Gasteiger partial charge in [0.05, 0.1) is 0 Å². The van der Waals surface area contributed by atoms with Gasteiger partial charge in [-0.05, 0) is 60.7 Å². The van der Waals surface area contributed by atoms with Gasteiger partial charge in [-0.15, -0.1) is 0 Å². The first-order valence-electron chi connectivity index (χ1n) is 9.24. The summed E-state index contributed by atoms with van der Waals surface area (Å²) < 4.78 is 2.80. The Bertz CT molecular complexity index is 1200. The van der Waals surface area contributed by atoms with Gasteiger partial charge >= 0.3 is 6.03 Å². The van der Waals surface area contributed by atoms with Crippen LogP contribution >= 0.6 is 27.5 Å². The van der Waals surface area contributed by atoms with Crippen LogP contribution in [0.3, 0.4) is 0 Å². The van der Waals surface area contributed by atoms with Crippen molar-refractivity contribution in [3.63, 3.8) is 0 Å². The summed E-state index contributed by atoms with van der Waals surface area (Å²) in [5.74, 6) is -1.07. The molecule has 0 unspecified atom stereocenters. The van der Waals surface area contributed by atoms with Crippen molar-refractivity contribution in [1.82, 2.24) is 14.8 Å². The van der Waals surface area contributed by atoms with Gasteiger partial charge in [0.15, 0.2) is 0 Å². The lowest BCUT2D eigenvalue weighted by Crippen LogP contribution is -2.38. The molecule has 4 rings (SSSR count). The number of urea groups is 1. The van der Waals surface area contributed by atoms with Crippen LogP contribution in [0.2, 0.25) is 5.02 Å². The van der Waals surface area contributed by atoms with Crippen molar-refractivity contribution in [2.75, 3.05) is 11.9 Å². The van der Waals surface area contributed by atoms with Crippen LogP contribution < -0.4 is 10.6 Å². The summed E-state index contributed by atoms with van der Waals surface area (Å²) in [6.07, 6.45) is 3.44. The second-order valence-electron chi connectivity index (χ2n) is 6.72. The van der Waals surface area contributed by atoms with E-state index in [2.05, 4.69) is 26.6 Å². The first kappa shape index (κ1) is 20.9. The molecule has 2 heterocycles. The van der Waals surface area contributed by atoms with Crippen molar-refractivity contribution < 1.29 is 14.4 Å². The summed E-state index contributed by atoms with van der Waals surface area (Å²) in [4.78, 5) is 38.2. The molecule has 2 N–H and O–H groups in total. The highest BCUT2D eigenvalue weighted by molar-refractivity contribution is 9.10. The normalized spacial score (nSPS) is 14.8. The zero-order valence-electron chi connectivity index (χ0n) is 16.0. The molecule has 2 aromatic carbocycles. The Balaban J connectivity index is 1.50. The van der Waals surface area contributed by atoms with Crippen LogP contribution in [0.4, 0.5) is 10.5 Å². The highest BCUT2D eigenvalue weighted by Gasteiger charge is 2.35. The lowest BCUT2D eigenvalue weighted by atomic mass is 10.2. The van der Waals surface area contributed by atoms with E-state index in [-0.39, 0.29) is 5.70 Å². The average molecular weight is 500 g/mol. The summed E-state index contributed by atoms with van der Waals surface area (Å²) in [5, 5.41) is 5.71. The number of imide groups is 1. The van der Waals surface area contributed by atoms with E-state index in [1.165, 1.54) is 0 Å². The van der Waals surface area contributed by atoms with Crippen molar-refractivity contribution in [3.05, 3.63) is 87.7 Å². The molecule has 1 fully saturated rings. The lowest BCUT2D eigenvalue weighted by Gasteiger charge is -2.12. The molecule has 0 spiro atoms. The minimum atomic E-state index is -0.650. The molecule has 156 valence electrons. The number of nitrogens with zero attached hydrogens (tertiary/aromatic N) is 2. The molecule has 0 radical (unpaired) electrons. The fourth-order valence-corrected chi connectivity index (χ4v) is 3.63. The van der Waals surface area contributed by atoms with Crippen molar-refractivity contribution >= 4 is 57.1 Å². The van der Waals surface area contributed by atoms with Gasteiger partial charge in [0, 0.05) is 32.8 Å². The molecular formula is C22H16BrClN4O3. The number of rotatable bonds is 5. The van der Waals surface area contributed by atoms with E-state index in [0.29, 0.717) is 16.4 Å². The number of aromatic nitrogens is 1. The molecule has 3 aromatic rings. The third-order valence-electron chi connectivity index (χ3n) is 4.55. The molecule has 0 atom stereocenters. The number of amides is 4. The van der Waals surface area contributed by atoms with E-state index in [4.69, 9.17) is 11.6 Å². The fourth-order valence-electron chi connectivity index (χ4n) is 3.11. The summed E-state index contributed by atoms with van der Waals surface area (Å²) in [6, 6.07) is 17.2. The largest absolute Gasteiger partial charge is 0.329 e. The Kier molecular flexibility index (Phi) is 5.92. The molecule has 1 aliphatic heterocycles. The van der Waals surface area contributed by atoms with Gasteiger partial charge in [-0.1, -0.05) is 33.6 Å². The Morgan fingerprint density at radius 3 is 2.61 bits per heavy atom. The van der Waals surface area contributed by atoms with E-state index in [0.717, 1.165) is 15.1 Å². The van der Waals surface area contributed by atoms with E-state index >= 15 is 0 Å². The van der Waals surface area contributed by atoms with E-state index in [1.54, 1.807) is 30.3 Å². The van der Waals surface area contributed by atoms with Crippen LogP contribution in [0.5, 0.6) is 0 Å². The number of carbonyl (C=O) groups excluding carboxylic acids is 3. The SMILES string of the molecule is O=C(CN1C(=O)N/C(=C\c2cccn2-c2cccc(Br)c2)C1=O)Nc1ccc(Cl)cc1. The maximum atomic E-state index is 12.7. The number of hydrogen-bond acceptors (Lipinski definition) is 3. The molecule has 1 saturated heterocycles. The monoisotopic (exact) mass is 498 g/mol. The quantitative estimate of drug-likeness (QED) is 0.403. The standard InChI is InChI=1S/C22H16BrClN4O3/c23-14-3-1-4-17(11-14)27-10-2-5-18(27)12-19-21(30)28(22(31)26-19)13-20(29)25-16-8-6-15(24)7-9-16/h1-12H,13H2,(H,25,29)(H,26,31)/b19-12-. The van der Waals surface area contributed by atoms with Crippen LogP contribution in [0.15, 0.2) is 77.0 Å². The predicted molar refractivity (Wildman–Crippen MR) is 122 cm³/mol. The molecule has 0 saturated carbocycles. The third kappa shape index (κ3) is 4.70.